The number of unbranched alkanes of at least 4 members (excludes halogenated alkanes) is 3. The fourth-order valence-corrected chi connectivity index (χ4v) is 3.18. The molecule has 178 valence electrons. The summed E-state index contributed by atoms with van der Waals surface area (Å²) in [7, 11) is 0. The lowest BCUT2D eigenvalue weighted by Gasteiger charge is -2.12. The predicted molar refractivity (Wildman–Crippen MR) is 130 cm³/mol. The van der Waals surface area contributed by atoms with Crippen LogP contribution in [0.4, 0.5) is 0 Å². The fraction of sp³-hybridized carbons (Fsp3) is 0.481. The summed E-state index contributed by atoms with van der Waals surface area (Å²) in [5, 5.41) is 0. The van der Waals surface area contributed by atoms with Crippen molar-refractivity contribution < 1.29 is 19.1 Å². The molecule has 1 atom stereocenters. The highest BCUT2D eigenvalue weighted by atomic mass is 16.5. The van der Waals surface area contributed by atoms with Gasteiger partial charge in [0.1, 0.15) is 0 Å². The largest absolute Gasteiger partial charge is 0.463 e. The first kappa shape index (κ1) is 26.2. The van der Waals surface area contributed by atoms with Gasteiger partial charge < -0.3 is 9.47 Å². The molecule has 0 bridgehead atoms. The number of nitrogens with zero attached hydrogens (tertiary/aromatic N) is 2. The van der Waals surface area contributed by atoms with Crippen molar-refractivity contribution >= 4 is 11.9 Å². The van der Waals surface area contributed by atoms with Crippen LogP contribution < -0.4 is 4.74 Å². The van der Waals surface area contributed by atoms with E-state index in [1.54, 1.807) is 6.92 Å². The molecule has 0 fully saturated rings. The van der Waals surface area contributed by atoms with Crippen LogP contribution in [0, 0.1) is 0 Å². The Morgan fingerprint density at radius 1 is 0.970 bits per heavy atom. The maximum absolute atomic E-state index is 12.0. The van der Waals surface area contributed by atoms with Crippen molar-refractivity contribution in [3.63, 3.8) is 0 Å². The first-order valence-electron chi connectivity index (χ1n) is 12.0. The van der Waals surface area contributed by atoms with Gasteiger partial charge >= 0.3 is 11.9 Å². The third-order valence-electron chi connectivity index (χ3n) is 5.18. The second kappa shape index (κ2) is 14.9. The molecule has 33 heavy (non-hydrogen) atoms. The number of aromatic nitrogens is 2. The van der Waals surface area contributed by atoms with E-state index in [-0.39, 0.29) is 18.0 Å². The number of allylic oxidation sites excluding steroid dienone is 2. The number of hydrogen-bond donors (Lipinski definition) is 0. The summed E-state index contributed by atoms with van der Waals surface area (Å²) in [5.41, 5.74) is 2.04. The monoisotopic (exact) mass is 452 g/mol. The lowest BCUT2D eigenvalue weighted by atomic mass is 10.1. The second-order valence-electron chi connectivity index (χ2n) is 8.11. The molecule has 0 spiro atoms. The van der Waals surface area contributed by atoms with Gasteiger partial charge in [-0.3, -0.25) is 9.59 Å². The van der Waals surface area contributed by atoms with Crippen LogP contribution in [-0.4, -0.2) is 28.0 Å². The number of carbonyl (C=O) groups is 2. The molecule has 2 aromatic rings. The van der Waals surface area contributed by atoms with Gasteiger partial charge in [0.15, 0.2) is 11.6 Å². The zero-order valence-corrected chi connectivity index (χ0v) is 20.1. The Morgan fingerprint density at radius 2 is 1.64 bits per heavy atom. The molecule has 1 heterocycles. The zero-order chi connectivity index (χ0) is 23.9. The second-order valence-corrected chi connectivity index (χ2v) is 8.11. The summed E-state index contributed by atoms with van der Waals surface area (Å²) in [6, 6.07) is 7.98. The van der Waals surface area contributed by atoms with Crippen LogP contribution in [0.1, 0.15) is 77.7 Å². The molecule has 0 aliphatic carbocycles. The Balaban J connectivity index is 1.77. The van der Waals surface area contributed by atoms with Crippen molar-refractivity contribution in [1.82, 2.24) is 9.97 Å². The average molecular weight is 453 g/mol. The zero-order valence-electron chi connectivity index (χ0n) is 20.1. The summed E-state index contributed by atoms with van der Waals surface area (Å²) in [6.45, 7) is 5.88. The van der Waals surface area contributed by atoms with Gasteiger partial charge in [0.2, 0.25) is 0 Å². The molecule has 2 rings (SSSR count). The van der Waals surface area contributed by atoms with Crippen LogP contribution in [0.15, 0.2) is 48.8 Å². The molecule has 1 aromatic carbocycles. The SMILES string of the molecule is CCCCC=CCCCC(=O)Oc1cnc(-c2ccc(CCC(C)OC(=O)CC)cc2)nc1. The molecule has 0 saturated carbocycles. The van der Waals surface area contributed by atoms with Crippen LogP contribution in [-0.2, 0) is 20.7 Å². The molecule has 6 nitrogen and oxygen atoms in total. The summed E-state index contributed by atoms with van der Waals surface area (Å²) in [4.78, 5) is 32.0. The van der Waals surface area contributed by atoms with Crippen LogP contribution in [0.3, 0.4) is 0 Å². The number of hydrogen-bond acceptors (Lipinski definition) is 6. The Bertz CT molecular complexity index is 876. The predicted octanol–water partition coefficient (Wildman–Crippen LogP) is 6.24. The summed E-state index contributed by atoms with van der Waals surface area (Å²) >= 11 is 0. The van der Waals surface area contributed by atoms with E-state index < -0.39 is 0 Å². The molecule has 1 unspecified atom stereocenters. The van der Waals surface area contributed by atoms with Gasteiger partial charge in [-0.2, -0.15) is 0 Å². The number of ether oxygens (including phenoxy) is 2. The van der Waals surface area contributed by atoms with Crippen LogP contribution >= 0.6 is 0 Å². The highest BCUT2D eigenvalue weighted by Gasteiger charge is 2.09. The quantitative estimate of drug-likeness (QED) is 0.192. The Labute approximate surface area is 197 Å². The minimum absolute atomic E-state index is 0.0991. The Kier molecular flexibility index (Phi) is 11.9. The highest BCUT2D eigenvalue weighted by molar-refractivity contribution is 5.72. The maximum Gasteiger partial charge on any atom is 0.311 e. The van der Waals surface area contributed by atoms with Gasteiger partial charge in [0.05, 0.1) is 18.5 Å². The molecule has 1 aromatic heterocycles. The molecule has 6 heteroatoms. The molecule has 0 amide bonds. The average Bonchev–Trinajstić information content (AvgIpc) is 2.83. The Hall–Kier alpha value is -3.02. The van der Waals surface area contributed by atoms with Crippen molar-refractivity contribution in [3.05, 3.63) is 54.4 Å². The Morgan fingerprint density at radius 3 is 2.27 bits per heavy atom. The summed E-state index contributed by atoms with van der Waals surface area (Å²) in [6.07, 6.45) is 14.8. The third-order valence-corrected chi connectivity index (χ3v) is 5.18. The lowest BCUT2D eigenvalue weighted by molar-refractivity contribution is -0.148. The first-order chi connectivity index (χ1) is 16.0. The number of carbonyl (C=O) groups excluding carboxylic acids is 2. The molecule has 0 N–H and O–H groups in total. The maximum atomic E-state index is 12.0. The molecule has 0 aliphatic rings. The topological polar surface area (TPSA) is 78.4 Å². The normalized spacial score (nSPS) is 12.0. The van der Waals surface area contributed by atoms with E-state index >= 15 is 0 Å². The minimum Gasteiger partial charge on any atom is -0.463 e. The van der Waals surface area contributed by atoms with Crippen molar-refractivity contribution in [2.75, 3.05) is 0 Å². The van der Waals surface area contributed by atoms with E-state index in [9.17, 15) is 9.59 Å². The van der Waals surface area contributed by atoms with Crippen LogP contribution in [0.2, 0.25) is 0 Å². The molecular weight excluding hydrogens is 416 g/mol. The van der Waals surface area contributed by atoms with Crippen molar-refractivity contribution in [1.29, 1.82) is 0 Å². The van der Waals surface area contributed by atoms with Crippen molar-refractivity contribution in [2.24, 2.45) is 0 Å². The molecule has 0 aliphatic heterocycles. The van der Waals surface area contributed by atoms with Gasteiger partial charge in [-0.1, -0.05) is 63.1 Å². The van der Waals surface area contributed by atoms with E-state index in [0.717, 1.165) is 43.2 Å². The van der Waals surface area contributed by atoms with E-state index in [0.29, 0.717) is 24.4 Å². The van der Waals surface area contributed by atoms with E-state index in [2.05, 4.69) is 29.0 Å². The standard InChI is InChI=1S/C27H36N2O4/c1-4-6-7-8-9-10-11-12-26(31)33-24-19-28-27(29-20-24)23-17-15-22(16-18-23)14-13-21(3)32-25(30)5-2/h8-9,15-21H,4-7,10-14H2,1-3H3. The van der Waals surface area contributed by atoms with Gasteiger partial charge in [0.25, 0.3) is 0 Å². The summed E-state index contributed by atoms with van der Waals surface area (Å²) in [5.74, 6) is 0.494. The van der Waals surface area contributed by atoms with Crippen molar-refractivity contribution in [2.45, 2.75) is 84.7 Å². The fourth-order valence-electron chi connectivity index (χ4n) is 3.18. The van der Waals surface area contributed by atoms with E-state index in [1.807, 2.05) is 31.2 Å². The lowest BCUT2D eigenvalue weighted by Crippen LogP contribution is -2.14. The summed E-state index contributed by atoms with van der Waals surface area (Å²) < 4.78 is 10.6. The third kappa shape index (κ3) is 10.4. The van der Waals surface area contributed by atoms with Crippen molar-refractivity contribution in [3.8, 4) is 17.1 Å². The van der Waals surface area contributed by atoms with Gasteiger partial charge in [0, 0.05) is 18.4 Å². The highest BCUT2D eigenvalue weighted by Crippen LogP contribution is 2.19. The number of aryl methyl sites for hydroxylation is 1. The number of benzene rings is 1. The van der Waals surface area contributed by atoms with Gasteiger partial charge in [-0.15, -0.1) is 0 Å². The molecule has 0 radical (unpaired) electrons. The van der Waals surface area contributed by atoms with E-state index in [1.165, 1.54) is 25.2 Å². The smallest absolute Gasteiger partial charge is 0.311 e. The van der Waals surface area contributed by atoms with Gasteiger partial charge in [-0.05, 0) is 44.6 Å². The minimum atomic E-state index is -0.267. The van der Waals surface area contributed by atoms with Gasteiger partial charge in [-0.25, -0.2) is 9.97 Å². The number of esters is 2. The molecule has 0 saturated heterocycles. The van der Waals surface area contributed by atoms with Crippen LogP contribution in [0.25, 0.3) is 11.4 Å². The van der Waals surface area contributed by atoms with Crippen LogP contribution in [0.5, 0.6) is 5.75 Å². The van der Waals surface area contributed by atoms with E-state index in [4.69, 9.17) is 9.47 Å². The first-order valence-corrected chi connectivity index (χ1v) is 12.0. The number of rotatable bonds is 14. The molecular formula is C27H36N2O4.